The first-order valence-electron chi connectivity index (χ1n) is 4.22. The molecule has 0 unspecified atom stereocenters. The molecule has 1 nitrogen and oxygen atoms in total. The average Bonchev–Trinajstić information content (AvgIpc) is 1.99. The highest BCUT2D eigenvalue weighted by Gasteiger charge is 1.94. The summed E-state index contributed by atoms with van der Waals surface area (Å²) < 4.78 is 0. The van der Waals surface area contributed by atoms with Crippen LogP contribution in [0.15, 0.2) is 23.1 Å². The molecule has 0 radical (unpaired) electrons. The standard InChI is InChI=1S/C10H15NS/c1-3-11-7-9-4-8(2)5-10(12)6-9/h4-6,11-12H,3,7H2,1-2H3. The van der Waals surface area contributed by atoms with Crippen LogP contribution >= 0.6 is 12.6 Å². The molecule has 0 saturated carbocycles. The monoisotopic (exact) mass is 181 g/mol. The van der Waals surface area contributed by atoms with Crippen molar-refractivity contribution in [2.45, 2.75) is 25.3 Å². The van der Waals surface area contributed by atoms with Crippen molar-refractivity contribution < 1.29 is 0 Å². The van der Waals surface area contributed by atoms with Crippen LogP contribution in [0, 0.1) is 6.92 Å². The predicted octanol–water partition coefficient (Wildman–Crippen LogP) is 2.39. The predicted molar refractivity (Wildman–Crippen MR) is 55.8 cm³/mol. The lowest BCUT2D eigenvalue weighted by molar-refractivity contribution is 0.725. The quantitative estimate of drug-likeness (QED) is 0.682. The van der Waals surface area contributed by atoms with Crippen LogP contribution in [0.3, 0.4) is 0 Å². The molecule has 0 atom stereocenters. The zero-order valence-corrected chi connectivity index (χ0v) is 8.49. The molecule has 0 aliphatic carbocycles. The number of nitrogens with one attached hydrogen (secondary N) is 1. The lowest BCUT2D eigenvalue weighted by Crippen LogP contribution is -2.11. The lowest BCUT2D eigenvalue weighted by atomic mass is 10.1. The van der Waals surface area contributed by atoms with Gasteiger partial charge >= 0.3 is 0 Å². The molecule has 0 aliphatic rings. The van der Waals surface area contributed by atoms with Crippen LogP contribution in [-0.2, 0) is 6.54 Å². The second-order valence-electron chi connectivity index (χ2n) is 2.96. The average molecular weight is 181 g/mol. The molecule has 0 bridgehead atoms. The Balaban J connectivity index is 2.72. The largest absolute Gasteiger partial charge is 0.313 e. The first-order chi connectivity index (χ1) is 5.72. The van der Waals surface area contributed by atoms with Gasteiger partial charge in [0.15, 0.2) is 0 Å². The van der Waals surface area contributed by atoms with E-state index in [0.29, 0.717) is 0 Å². The van der Waals surface area contributed by atoms with Gasteiger partial charge in [-0.25, -0.2) is 0 Å². The fourth-order valence-electron chi connectivity index (χ4n) is 1.21. The highest BCUT2D eigenvalue weighted by Crippen LogP contribution is 2.12. The van der Waals surface area contributed by atoms with Crippen LogP contribution in [0.4, 0.5) is 0 Å². The summed E-state index contributed by atoms with van der Waals surface area (Å²) >= 11 is 4.32. The molecule has 2 heteroatoms. The van der Waals surface area contributed by atoms with Crippen molar-refractivity contribution in [1.29, 1.82) is 0 Å². The van der Waals surface area contributed by atoms with Gasteiger partial charge in [0.25, 0.3) is 0 Å². The summed E-state index contributed by atoms with van der Waals surface area (Å²) in [5.74, 6) is 0. The van der Waals surface area contributed by atoms with Crippen LogP contribution in [0.2, 0.25) is 0 Å². The third-order valence-electron chi connectivity index (χ3n) is 1.70. The molecule has 0 amide bonds. The van der Waals surface area contributed by atoms with E-state index in [9.17, 15) is 0 Å². The van der Waals surface area contributed by atoms with Gasteiger partial charge in [-0.3, -0.25) is 0 Å². The molecule has 0 fully saturated rings. The van der Waals surface area contributed by atoms with Crippen LogP contribution in [0.5, 0.6) is 0 Å². The number of thiol groups is 1. The van der Waals surface area contributed by atoms with Crippen molar-refractivity contribution in [2.75, 3.05) is 6.54 Å². The third kappa shape index (κ3) is 2.88. The summed E-state index contributed by atoms with van der Waals surface area (Å²) in [6.07, 6.45) is 0. The number of hydrogen-bond acceptors (Lipinski definition) is 2. The van der Waals surface area contributed by atoms with Crippen molar-refractivity contribution >= 4 is 12.6 Å². The van der Waals surface area contributed by atoms with Crippen LogP contribution in [0.1, 0.15) is 18.1 Å². The fraction of sp³-hybridized carbons (Fsp3) is 0.400. The second kappa shape index (κ2) is 4.53. The van der Waals surface area contributed by atoms with Gasteiger partial charge in [-0.1, -0.05) is 13.0 Å². The van der Waals surface area contributed by atoms with E-state index in [0.717, 1.165) is 18.0 Å². The van der Waals surface area contributed by atoms with Crippen LogP contribution in [0.25, 0.3) is 0 Å². The highest BCUT2D eigenvalue weighted by atomic mass is 32.1. The van der Waals surface area contributed by atoms with E-state index in [1.165, 1.54) is 11.1 Å². The Hall–Kier alpha value is -0.470. The number of hydrogen-bond donors (Lipinski definition) is 2. The van der Waals surface area contributed by atoms with E-state index < -0.39 is 0 Å². The molecule has 12 heavy (non-hydrogen) atoms. The molecule has 0 aromatic heterocycles. The molecule has 0 heterocycles. The molecule has 1 rings (SSSR count). The van der Waals surface area contributed by atoms with E-state index in [-0.39, 0.29) is 0 Å². The van der Waals surface area contributed by atoms with Crippen molar-refractivity contribution in [2.24, 2.45) is 0 Å². The zero-order valence-electron chi connectivity index (χ0n) is 7.59. The Morgan fingerprint density at radius 3 is 2.67 bits per heavy atom. The minimum absolute atomic E-state index is 0.936. The van der Waals surface area contributed by atoms with Gasteiger partial charge in [0.05, 0.1) is 0 Å². The van der Waals surface area contributed by atoms with Gasteiger partial charge in [-0.15, -0.1) is 12.6 Å². The Morgan fingerprint density at radius 1 is 1.33 bits per heavy atom. The van der Waals surface area contributed by atoms with E-state index >= 15 is 0 Å². The van der Waals surface area contributed by atoms with E-state index in [2.05, 4.69) is 50.0 Å². The van der Waals surface area contributed by atoms with Gasteiger partial charge in [0, 0.05) is 11.4 Å². The highest BCUT2D eigenvalue weighted by molar-refractivity contribution is 7.80. The fourth-order valence-corrected chi connectivity index (χ4v) is 1.58. The number of aryl methyl sites for hydroxylation is 1. The Bertz CT molecular complexity index is 238. The molecule has 0 aliphatic heterocycles. The molecular formula is C10H15NS. The van der Waals surface area contributed by atoms with Crippen molar-refractivity contribution in [3.8, 4) is 0 Å². The van der Waals surface area contributed by atoms with Gasteiger partial charge in [0.1, 0.15) is 0 Å². The van der Waals surface area contributed by atoms with Gasteiger partial charge in [-0.2, -0.15) is 0 Å². The van der Waals surface area contributed by atoms with Gasteiger partial charge < -0.3 is 5.32 Å². The molecule has 1 N–H and O–H groups in total. The SMILES string of the molecule is CCNCc1cc(C)cc(S)c1. The summed E-state index contributed by atoms with van der Waals surface area (Å²) in [6.45, 7) is 6.15. The third-order valence-corrected chi connectivity index (χ3v) is 1.96. The smallest absolute Gasteiger partial charge is 0.0205 e. The van der Waals surface area contributed by atoms with Crippen molar-refractivity contribution in [3.05, 3.63) is 29.3 Å². The minimum atomic E-state index is 0.936. The zero-order chi connectivity index (χ0) is 8.97. The summed E-state index contributed by atoms with van der Waals surface area (Å²) in [5, 5.41) is 3.29. The topological polar surface area (TPSA) is 12.0 Å². The minimum Gasteiger partial charge on any atom is -0.313 e. The summed E-state index contributed by atoms with van der Waals surface area (Å²) in [5.41, 5.74) is 2.58. The molecular weight excluding hydrogens is 166 g/mol. The summed E-state index contributed by atoms with van der Waals surface area (Å²) in [7, 11) is 0. The van der Waals surface area contributed by atoms with E-state index in [1.807, 2.05) is 0 Å². The summed E-state index contributed by atoms with van der Waals surface area (Å²) in [4.78, 5) is 1.04. The van der Waals surface area contributed by atoms with Crippen molar-refractivity contribution in [3.63, 3.8) is 0 Å². The Morgan fingerprint density at radius 2 is 2.08 bits per heavy atom. The number of benzene rings is 1. The summed E-state index contributed by atoms with van der Waals surface area (Å²) in [6, 6.07) is 6.35. The maximum absolute atomic E-state index is 4.32. The Kier molecular flexibility index (Phi) is 3.63. The van der Waals surface area contributed by atoms with Crippen LogP contribution in [-0.4, -0.2) is 6.54 Å². The van der Waals surface area contributed by atoms with Gasteiger partial charge in [-0.05, 0) is 36.7 Å². The normalized spacial score (nSPS) is 10.2. The second-order valence-corrected chi connectivity index (χ2v) is 3.47. The molecule has 1 aromatic carbocycles. The van der Waals surface area contributed by atoms with Crippen molar-refractivity contribution in [1.82, 2.24) is 5.32 Å². The first kappa shape index (κ1) is 9.62. The number of rotatable bonds is 3. The van der Waals surface area contributed by atoms with E-state index in [1.54, 1.807) is 0 Å². The maximum Gasteiger partial charge on any atom is 0.0205 e. The van der Waals surface area contributed by atoms with E-state index in [4.69, 9.17) is 0 Å². The van der Waals surface area contributed by atoms with Crippen LogP contribution < -0.4 is 5.32 Å². The Labute approximate surface area is 79.6 Å². The first-order valence-corrected chi connectivity index (χ1v) is 4.67. The molecule has 1 aromatic rings. The lowest BCUT2D eigenvalue weighted by Gasteiger charge is -2.04. The maximum atomic E-state index is 4.32. The van der Waals surface area contributed by atoms with Gasteiger partial charge in [0.2, 0.25) is 0 Å². The molecule has 0 spiro atoms. The molecule has 0 saturated heterocycles. The molecule has 66 valence electrons.